The molecule has 0 saturated carbocycles. The van der Waals surface area contributed by atoms with Crippen LogP contribution in [0, 0.1) is 0 Å². The van der Waals surface area contributed by atoms with Gasteiger partial charge >= 0.3 is 12.1 Å². The largest absolute Gasteiger partial charge is 0.469 e. The first-order chi connectivity index (χ1) is 11.3. The van der Waals surface area contributed by atoms with E-state index in [-0.39, 0.29) is 12.4 Å². The molecule has 1 amide bonds. The minimum Gasteiger partial charge on any atom is -0.469 e. The average molecular weight is 348 g/mol. The molecule has 0 aliphatic rings. The highest BCUT2D eigenvalue weighted by Gasteiger charge is 2.20. The van der Waals surface area contributed by atoms with Gasteiger partial charge < -0.3 is 9.47 Å². The molecule has 2 rings (SSSR count). The number of nitrogens with zero attached hydrogens (tertiary/aromatic N) is 1. The van der Waals surface area contributed by atoms with E-state index in [1.807, 2.05) is 30.3 Å². The van der Waals surface area contributed by atoms with Gasteiger partial charge in [-0.2, -0.15) is 0 Å². The third-order valence-electron chi connectivity index (χ3n) is 2.89. The summed E-state index contributed by atoms with van der Waals surface area (Å²) in [6.07, 6.45) is -0.491. The molecule has 1 heterocycles. The fraction of sp³-hybridized carbons (Fsp3) is 0.353. The smallest absolute Gasteiger partial charge is 0.413 e. The van der Waals surface area contributed by atoms with E-state index in [9.17, 15) is 9.59 Å². The number of nitrogens with one attached hydrogen (secondary N) is 1. The number of ether oxygens (including phenoxy) is 2. The lowest BCUT2D eigenvalue weighted by molar-refractivity contribution is -0.139. The number of hydrogen-bond donors (Lipinski definition) is 1. The number of thiazole rings is 1. The van der Waals surface area contributed by atoms with Crippen LogP contribution in [0.5, 0.6) is 0 Å². The fourth-order valence-electron chi connectivity index (χ4n) is 1.94. The van der Waals surface area contributed by atoms with E-state index in [2.05, 4.69) is 10.3 Å². The Kier molecular flexibility index (Phi) is 5.56. The second-order valence-corrected chi connectivity index (χ2v) is 7.12. The van der Waals surface area contributed by atoms with Gasteiger partial charge in [-0.15, -0.1) is 11.3 Å². The van der Waals surface area contributed by atoms with E-state index in [0.717, 1.165) is 10.4 Å². The monoisotopic (exact) mass is 348 g/mol. The van der Waals surface area contributed by atoms with Crippen molar-refractivity contribution in [3.8, 4) is 11.3 Å². The molecule has 0 saturated heterocycles. The first kappa shape index (κ1) is 17.9. The summed E-state index contributed by atoms with van der Waals surface area (Å²) in [6, 6.07) is 9.46. The summed E-state index contributed by atoms with van der Waals surface area (Å²) in [5.74, 6) is -0.361. The third-order valence-corrected chi connectivity index (χ3v) is 3.86. The summed E-state index contributed by atoms with van der Waals surface area (Å²) in [5.41, 5.74) is 0.917. The summed E-state index contributed by atoms with van der Waals surface area (Å²) in [5, 5.41) is 2.99. The maximum Gasteiger partial charge on any atom is 0.413 e. The van der Waals surface area contributed by atoms with Crippen molar-refractivity contribution in [1.82, 2.24) is 4.98 Å². The zero-order valence-electron chi connectivity index (χ0n) is 14.1. The number of rotatable bonds is 4. The second kappa shape index (κ2) is 7.44. The lowest BCUT2D eigenvalue weighted by Gasteiger charge is -2.18. The molecule has 0 aliphatic heterocycles. The number of amides is 1. The van der Waals surface area contributed by atoms with Gasteiger partial charge in [0.15, 0.2) is 5.13 Å². The van der Waals surface area contributed by atoms with Gasteiger partial charge in [-0.05, 0) is 20.8 Å². The molecule has 0 fully saturated rings. The van der Waals surface area contributed by atoms with Crippen LogP contribution in [0.4, 0.5) is 9.93 Å². The van der Waals surface area contributed by atoms with Crippen molar-refractivity contribution in [2.75, 3.05) is 12.4 Å². The molecule has 128 valence electrons. The molecule has 0 radical (unpaired) electrons. The van der Waals surface area contributed by atoms with Crippen molar-refractivity contribution in [1.29, 1.82) is 0 Å². The molecule has 0 unspecified atom stereocenters. The van der Waals surface area contributed by atoms with E-state index >= 15 is 0 Å². The Morgan fingerprint density at radius 2 is 1.88 bits per heavy atom. The molecule has 1 aromatic carbocycles. The van der Waals surface area contributed by atoms with E-state index < -0.39 is 11.7 Å². The number of anilines is 1. The molecule has 2 aromatic rings. The molecule has 6 nitrogen and oxygen atoms in total. The molecule has 1 aromatic heterocycles. The van der Waals surface area contributed by atoms with E-state index in [1.165, 1.54) is 18.4 Å². The highest BCUT2D eigenvalue weighted by Crippen LogP contribution is 2.32. The fourth-order valence-corrected chi connectivity index (χ4v) is 2.90. The Hall–Kier alpha value is -2.41. The van der Waals surface area contributed by atoms with Gasteiger partial charge in [0.2, 0.25) is 0 Å². The topological polar surface area (TPSA) is 77.5 Å². The first-order valence-electron chi connectivity index (χ1n) is 7.40. The van der Waals surface area contributed by atoms with E-state index in [1.54, 1.807) is 20.8 Å². The van der Waals surface area contributed by atoms with Gasteiger partial charge in [0.05, 0.1) is 19.2 Å². The van der Waals surface area contributed by atoms with Crippen LogP contribution in [0.15, 0.2) is 30.3 Å². The van der Waals surface area contributed by atoms with Gasteiger partial charge in [0.1, 0.15) is 5.60 Å². The molecule has 24 heavy (non-hydrogen) atoms. The number of hydrogen-bond acceptors (Lipinski definition) is 6. The van der Waals surface area contributed by atoms with Gasteiger partial charge in [0, 0.05) is 10.4 Å². The third kappa shape index (κ3) is 5.06. The van der Waals surface area contributed by atoms with Crippen molar-refractivity contribution in [2.24, 2.45) is 0 Å². The molecule has 7 heteroatoms. The Morgan fingerprint density at radius 3 is 2.46 bits per heavy atom. The number of benzene rings is 1. The predicted molar refractivity (Wildman–Crippen MR) is 93.1 cm³/mol. The van der Waals surface area contributed by atoms with Gasteiger partial charge in [-0.3, -0.25) is 10.1 Å². The van der Waals surface area contributed by atoms with Crippen molar-refractivity contribution in [3.05, 3.63) is 35.2 Å². The molecule has 0 spiro atoms. The lowest BCUT2D eigenvalue weighted by Crippen LogP contribution is -2.27. The molecule has 0 bridgehead atoms. The minimum atomic E-state index is -0.599. The minimum absolute atomic E-state index is 0.0917. The molecule has 1 N–H and O–H groups in total. The highest BCUT2D eigenvalue weighted by atomic mass is 32.1. The summed E-state index contributed by atoms with van der Waals surface area (Å²) >= 11 is 1.23. The standard InChI is InChI=1S/C17H20N2O4S/c1-17(2,3)23-16(21)19-15-18-14(11-8-6-5-7-9-11)12(24-15)10-13(20)22-4/h5-9H,10H2,1-4H3,(H,18,19,21). The zero-order valence-corrected chi connectivity index (χ0v) is 14.9. The van der Waals surface area contributed by atoms with Crippen molar-refractivity contribution in [2.45, 2.75) is 32.8 Å². The second-order valence-electron chi connectivity index (χ2n) is 6.04. The van der Waals surface area contributed by atoms with Gasteiger partial charge in [0.25, 0.3) is 0 Å². The van der Waals surface area contributed by atoms with Crippen molar-refractivity contribution >= 4 is 28.5 Å². The number of aromatic nitrogens is 1. The SMILES string of the molecule is COC(=O)Cc1sc(NC(=O)OC(C)(C)C)nc1-c1ccccc1. The van der Waals surface area contributed by atoms with Crippen LogP contribution in [-0.4, -0.2) is 29.8 Å². The Balaban J connectivity index is 2.27. The van der Waals surface area contributed by atoms with Crippen LogP contribution in [0.3, 0.4) is 0 Å². The predicted octanol–water partition coefficient (Wildman–Crippen LogP) is 3.87. The quantitative estimate of drug-likeness (QED) is 0.849. The van der Waals surface area contributed by atoms with Crippen molar-refractivity contribution < 1.29 is 19.1 Å². The maximum absolute atomic E-state index is 11.9. The van der Waals surface area contributed by atoms with E-state index in [4.69, 9.17) is 9.47 Å². The molecule has 0 aliphatic carbocycles. The van der Waals surface area contributed by atoms with E-state index in [0.29, 0.717) is 10.8 Å². The summed E-state index contributed by atoms with van der Waals surface area (Å²) in [7, 11) is 1.34. The molecular formula is C17H20N2O4S. The number of carbonyl (C=O) groups is 2. The number of esters is 1. The van der Waals surface area contributed by atoms with Crippen LogP contribution in [0.25, 0.3) is 11.3 Å². The number of carbonyl (C=O) groups excluding carboxylic acids is 2. The van der Waals surface area contributed by atoms with Crippen LogP contribution in [0.1, 0.15) is 25.6 Å². The van der Waals surface area contributed by atoms with Crippen molar-refractivity contribution in [3.63, 3.8) is 0 Å². The summed E-state index contributed by atoms with van der Waals surface area (Å²) in [6.45, 7) is 5.35. The van der Waals surface area contributed by atoms with Crippen LogP contribution >= 0.6 is 11.3 Å². The lowest BCUT2D eigenvalue weighted by atomic mass is 10.1. The normalized spacial score (nSPS) is 11.0. The maximum atomic E-state index is 11.9. The highest BCUT2D eigenvalue weighted by molar-refractivity contribution is 7.16. The Labute approximate surface area is 144 Å². The molecule has 0 atom stereocenters. The van der Waals surface area contributed by atoms with Gasteiger partial charge in [-0.25, -0.2) is 9.78 Å². The Morgan fingerprint density at radius 1 is 1.21 bits per heavy atom. The Bertz CT molecular complexity index is 720. The summed E-state index contributed by atoms with van der Waals surface area (Å²) in [4.78, 5) is 28.7. The summed E-state index contributed by atoms with van der Waals surface area (Å²) < 4.78 is 9.95. The van der Waals surface area contributed by atoms with Crippen LogP contribution in [0.2, 0.25) is 0 Å². The number of methoxy groups -OCH3 is 1. The zero-order chi connectivity index (χ0) is 17.7. The molecular weight excluding hydrogens is 328 g/mol. The van der Waals surface area contributed by atoms with Crippen LogP contribution < -0.4 is 5.32 Å². The first-order valence-corrected chi connectivity index (χ1v) is 8.22. The van der Waals surface area contributed by atoms with Crippen LogP contribution in [-0.2, 0) is 20.7 Å². The average Bonchev–Trinajstić information content (AvgIpc) is 2.88. The van der Waals surface area contributed by atoms with Gasteiger partial charge in [-0.1, -0.05) is 30.3 Å².